The lowest BCUT2D eigenvalue weighted by Crippen LogP contribution is -2.26. The van der Waals surface area contributed by atoms with Crippen LogP contribution in [0.2, 0.25) is 0 Å². The maximum atomic E-state index is 14.1. The van der Waals surface area contributed by atoms with Gasteiger partial charge in [0, 0.05) is 18.0 Å². The zero-order valence-electron chi connectivity index (χ0n) is 16.3. The molecule has 4 aromatic rings. The lowest BCUT2D eigenvalue weighted by Gasteiger charge is -2.16. The van der Waals surface area contributed by atoms with Gasteiger partial charge in [-0.15, -0.1) is 0 Å². The van der Waals surface area contributed by atoms with Crippen LogP contribution in [0.25, 0.3) is 22.4 Å². The van der Waals surface area contributed by atoms with E-state index in [4.69, 9.17) is 11.5 Å². The molecule has 0 fully saturated rings. The van der Waals surface area contributed by atoms with Gasteiger partial charge in [0.05, 0.1) is 12.1 Å². The standard InChI is InChI=1S/C20H17F2N7O2/c1-28(20(30)31)16-17(23)25-19(26-18(16)24)15-12-7-6-11(21)8-14(12)29(27-15)9-10-4-2-3-5-13(10)22/h2-8H,9H2,1H3,(H,30,31)(H4,23,24,25,26). The SMILES string of the molecule is CN(C(=O)O)c1c(N)nc(-c2nn(Cc3ccccc3F)c3cc(F)ccc23)nc1N. The van der Waals surface area contributed by atoms with Crippen molar-refractivity contribution in [2.24, 2.45) is 0 Å². The average molecular weight is 425 g/mol. The van der Waals surface area contributed by atoms with E-state index in [2.05, 4.69) is 15.1 Å². The van der Waals surface area contributed by atoms with Crippen molar-refractivity contribution in [1.29, 1.82) is 0 Å². The molecule has 2 aromatic carbocycles. The van der Waals surface area contributed by atoms with Crippen molar-refractivity contribution in [2.75, 3.05) is 23.4 Å². The van der Waals surface area contributed by atoms with Crippen molar-refractivity contribution in [2.45, 2.75) is 6.54 Å². The molecule has 0 saturated heterocycles. The van der Waals surface area contributed by atoms with E-state index < -0.39 is 17.7 Å². The second-order valence-corrected chi connectivity index (χ2v) is 6.77. The van der Waals surface area contributed by atoms with E-state index in [0.717, 1.165) is 4.90 Å². The van der Waals surface area contributed by atoms with E-state index in [1.807, 2.05) is 0 Å². The minimum Gasteiger partial charge on any atom is -0.465 e. The van der Waals surface area contributed by atoms with Crippen LogP contribution in [-0.4, -0.2) is 38.0 Å². The third-order valence-corrected chi connectivity index (χ3v) is 4.76. The molecule has 0 unspecified atom stereocenters. The number of carboxylic acid groups (broad SMARTS) is 1. The Morgan fingerprint density at radius 2 is 1.81 bits per heavy atom. The molecule has 9 nitrogen and oxygen atoms in total. The number of nitrogens with two attached hydrogens (primary N) is 2. The molecule has 158 valence electrons. The van der Waals surface area contributed by atoms with Crippen LogP contribution in [0.15, 0.2) is 42.5 Å². The molecule has 11 heteroatoms. The van der Waals surface area contributed by atoms with Gasteiger partial charge in [-0.1, -0.05) is 18.2 Å². The molecule has 2 aromatic heterocycles. The highest BCUT2D eigenvalue weighted by molar-refractivity contribution is 5.96. The molecule has 0 aliphatic carbocycles. The molecule has 0 aliphatic rings. The van der Waals surface area contributed by atoms with Crippen molar-refractivity contribution in [3.05, 3.63) is 59.7 Å². The van der Waals surface area contributed by atoms with Crippen LogP contribution in [0.4, 0.5) is 30.9 Å². The molecular weight excluding hydrogens is 408 g/mol. The number of benzene rings is 2. The summed E-state index contributed by atoms with van der Waals surface area (Å²) in [6.07, 6.45) is -1.29. The number of rotatable bonds is 4. The summed E-state index contributed by atoms with van der Waals surface area (Å²) in [6.45, 7) is 0.0391. The van der Waals surface area contributed by atoms with Gasteiger partial charge in [0.15, 0.2) is 17.5 Å². The van der Waals surface area contributed by atoms with Crippen molar-refractivity contribution < 1.29 is 18.7 Å². The van der Waals surface area contributed by atoms with Gasteiger partial charge in [-0.05, 0) is 24.3 Å². The summed E-state index contributed by atoms with van der Waals surface area (Å²) in [7, 11) is 1.26. The van der Waals surface area contributed by atoms with Gasteiger partial charge in [-0.3, -0.25) is 9.58 Å². The Kier molecular flexibility index (Phi) is 4.85. The Labute approximate surface area is 174 Å². The normalized spacial score (nSPS) is 11.1. The van der Waals surface area contributed by atoms with Crippen LogP contribution in [0.5, 0.6) is 0 Å². The summed E-state index contributed by atoms with van der Waals surface area (Å²) in [6, 6.07) is 10.2. The molecule has 0 atom stereocenters. The number of hydrogen-bond donors (Lipinski definition) is 3. The first-order chi connectivity index (χ1) is 14.8. The lowest BCUT2D eigenvalue weighted by molar-refractivity contribution is 0.203. The monoisotopic (exact) mass is 425 g/mol. The number of halogens is 2. The predicted molar refractivity (Wildman–Crippen MR) is 111 cm³/mol. The molecule has 0 spiro atoms. The van der Waals surface area contributed by atoms with Gasteiger partial charge in [0.1, 0.15) is 23.0 Å². The second kappa shape index (κ2) is 7.52. The Hall–Kier alpha value is -4.28. The first kappa shape index (κ1) is 20.0. The number of fused-ring (bicyclic) bond motifs is 1. The fourth-order valence-corrected chi connectivity index (χ4v) is 3.26. The summed E-state index contributed by atoms with van der Waals surface area (Å²) in [4.78, 5) is 20.4. The molecule has 0 bridgehead atoms. The number of carbonyl (C=O) groups is 1. The maximum absolute atomic E-state index is 14.1. The van der Waals surface area contributed by atoms with Gasteiger partial charge in [0.2, 0.25) is 0 Å². The molecular formula is C20H17F2N7O2. The van der Waals surface area contributed by atoms with Crippen molar-refractivity contribution in [3.63, 3.8) is 0 Å². The maximum Gasteiger partial charge on any atom is 0.411 e. The first-order valence-corrected chi connectivity index (χ1v) is 9.05. The van der Waals surface area contributed by atoms with Crippen LogP contribution < -0.4 is 16.4 Å². The van der Waals surface area contributed by atoms with Crippen LogP contribution in [0, 0.1) is 11.6 Å². The van der Waals surface area contributed by atoms with Crippen molar-refractivity contribution in [3.8, 4) is 11.5 Å². The number of amides is 1. The quantitative estimate of drug-likeness (QED) is 0.457. The lowest BCUT2D eigenvalue weighted by atomic mass is 10.2. The molecule has 0 saturated carbocycles. The minimum absolute atomic E-state index is 0.0291. The molecule has 0 radical (unpaired) electrons. The summed E-state index contributed by atoms with van der Waals surface area (Å²) in [5.41, 5.74) is 12.8. The van der Waals surface area contributed by atoms with E-state index >= 15 is 0 Å². The van der Waals surface area contributed by atoms with Crippen LogP contribution in [0.1, 0.15) is 5.56 Å². The molecule has 2 heterocycles. The summed E-state index contributed by atoms with van der Waals surface area (Å²) in [5.74, 6) is -1.21. The van der Waals surface area contributed by atoms with Crippen LogP contribution >= 0.6 is 0 Å². The van der Waals surface area contributed by atoms with Crippen LogP contribution in [0.3, 0.4) is 0 Å². The Morgan fingerprint density at radius 1 is 1.13 bits per heavy atom. The number of nitrogen functional groups attached to an aromatic ring is 2. The second-order valence-electron chi connectivity index (χ2n) is 6.77. The molecule has 0 aliphatic heterocycles. The van der Waals surface area contributed by atoms with E-state index in [1.165, 1.54) is 36.0 Å². The van der Waals surface area contributed by atoms with E-state index in [0.29, 0.717) is 16.5 Å². The zero-order valence-corrected chi connectivity index (χ0v) is 16.3. The largest absolute Gasteiger partial charge is 0.465 e. The smallest absolute Gasteiger partial charge is 0.411 e. The molecule has 5 N–H and O–H groups in total. The van der Waals surface area contributed by atoms with Gasteiger partial charge in [-0.25, -0.2) is 23.5 Å². The molecule has 4 rings (SSSR count). The first-order valence-electron chi connectivity index (χ1n) is 9.05. The van der Waals surface area contributed by atoms with Crippen LogP contribution in [-0.2, 0) is 6.54 Å². The molecule has 31 heavy (non-hydrogen) atoms. The summed E-state index contributed by atoms with van der Waals surface area (Å²) < 4.78 is 29.5. The fourth-order valence-electron chi connectivity index (χ4n) is 3.26. The third kappa shape index (κ3) is 3.56. The average Bonchev–Trinajstić information content (AvgIpc) is 3.06. The highest BCUT2D eigenvalue weighted by atomic mass is 19.1. The Bertz CT molecular complexity index is 1300. The summed E-state index contributed by atoms with van der Waals surface area (Å²) >= 11 is 0. The minimum atomic E-state index is -1.29. The number of nitrogens with zero attached hydrogens (tertiary/aromatic N) is 5. The van der Waals surface area contributed by atoms with Gasteiger partial charge in [0.25, 0.3) is 0 Å². The Balaban J connectivity index is 1.87. The predicted octanol–water partition coefficient (Wildman–Crippen LogP) is 3.10. The Morgan fingerprint density at radius 3 is 2.45 bits per heavy atom. The van der Waals surface area contributed by atoms with E-state index in [-0.39, 0.29) is 35.4 Å². The topological polar surface area (TPSA) is 136 Å². The third-order valence-electron chi connectivity index (χ3n) is 4.76. The van der Waals surface area contributed by atoms with Crippen molar-refractivity contribution >= 4 is 34.3 Å². The number of anilines is 3. The van der Waals surface area contributed by atoms with Gasteiger partial charge in [-0.2, -0.15) is 5.10 Å². The fraction of sp³-hybridized carbons (Fsp3) is 0.100. The van der Waals surface area contributed by atoms with E-state index in [1.54, 1.807) is 18.2 Å². The van der Waals surface area contributed by atoms with Crippen molar-refractivity contribution in [1.82, 2.24) is 19.7 Å². The zero-order chi connectivity index (χ0) is 22.3. The number of aromatic nitrogens is 4. The highest BCUT2D eigenvalue weighted by Gasteiger charge is 2.22. The molecule has 1 amide bonds. The number of hydrogen-bond acceptors (Lipinski definition) is 6. The van der Waals surface area contributed by atoms with E-state index in [9.17, 15) is 18.7 Å². The highest BCUT2D eigenvalue weighted by Crippen LogP contribution is 2.32. The van der Waals surface area contributed by atoms with Gasteiger partial charge < -0.3 is 16.6 Å². The summed E-state index contributed by atoms with van der Waals surface area (Å²) in [5, 5.41) is 14.1. The van der Waals surface area contributed by atoms with Gasteiger partial charge >= 0.3 is 6.09 Å².